The Kier molecular flexibility index (Phi) is 4.34. The molecule has 0 aliphatic carbocycles. The number of aromatic hydroxyl groups is 1. The fourth-order valence-corrected chi connectivity index (χ4v) is 1.99. The maximum atomic E-state index is 12.8. The molecule has 1 aliphatic heterocycles. The summed E-state index contributed by atoms with van der Waals surface area (Å²) in [5.41, 5.74) is 0.0607. The Labute approximate surface area is 111 Å². The Morgan fingerprint density at radius 2 is 2.42 bits per heavy atom. The second-order valence-corrected chi connectivity index (χ2v) is 4.63. The van der Waals surface area contributed by atoms with E-state index in [-0.39, 0.29) is 17.4 Å². The van der Waals surface area contributed by atoms with Gasteiger partial charge in [-0.15, -0.1) is 0 Å². The van der Waals surface area contributed by atoms with E-state index in [0.717, 1.165) is 25.2 Å². The van der Waals surface area contributed by atoms with E-state index in [1.165, 1.54) is 6.07 Å². The summed E-state index contributed by atoms with van der Waals surface area (Å²) in [6.07, 6.45) is -0.0645. The normalized spacial score (nSPS) is 20.2. The van der Waals surface area contributed by atoms with Crippen molar-refractivity contribution in [3.05, 3.63) is 29.6 Å². The van der Waals surface area contributed by atoms with Gasteiger partial charge in [-0.1, -0.05) is 0 Å². The van der Waals surface area contributed by atoms with Crippen molar-refractivity contribution in [3.63, 3.8) is 0 Å². The number of likely N-dealkylation sites (N-methyl/N-ethyl adjacent to an activating group) is 1. The lowest BCUT2D eigenvalue weighted by Crippen LogP contribution is -2.45. The van der Waals surface area contributed by atoms with Crippen LogP contribution >= 0.6 is 0 Å². The highest BCUT2D eigenvalue weighted by Crippen LogP contribution is 2.17. The van der Waals surface area contributed by atoms with Gasteiger partial charge in [0.2, 0.25) is 0 Å². The number of phenolic OH excluding ortho intramolecular Hbond substituents is 1. The number of halogens is 1. The van der Waals surface area contributed by atoms with Crippen LogP contribution in [0.4, 0.5) is 4.39 Å². The molecular weight excluding hydrogens is 251 g/mol. The zero-order chi connectivity index (χ0) is 13.8. The third kappa shape index (κ3) is 3.65. The minimum atomic E-state index is -0.578. The van der Waals surface area contributed by atoms with E-state index in [2.05, 4.69) is 10.2 Å². The van der Waals surface area contributed by atoms with Gasteiger partial charge >= 0.3 is 0 Å². The molecule has 1 unspecified atom stereocenters. The first-order valence-electron chi connectivity index (χ1n) is 6.13. The maximum Gasteiger partial charge on any atom is 0.255 e. The number of morpholine rings is 1. The quantitative estimate of drug-likeness (QED) is 0.842. The molecule has 1 aromatic rings. The number of nitrogens with zero attached hydrogens (tertiary/aromatic N) is 1. The molecule has 0 spiro atoms. The summed E-state index contributed by atoms with van der Waals surface area (Å²) in [6, 6.07) is 3.31. The van der Waals surface area contributed by atoms with Gasteiger partial charge in [0.05, 0.1) is 18.3 Å². The molecule has 1 amide bonds. The summed E-state index contributed by atoms with van der Waals surface area (Å²) >= 11 is 0. The summed E-state index contributed by atoms with van der Waals surface area (Å²) < 4.78 is 18.3. The van der Waals surface area contributed by atoms with Crippen LogP contribution in [0.1, 0.15) is 10.4 Å². The molecule has 1 saturated heterocycles. The van der Waals surface area contributed by atoms with E-state index in [0.29, 0.717) is 13.2 Å². The SMILES string of the molecule is CN1CCOC(CNC(=O)c2ccc(F)cc2O)C1. The first-order chi connectivity index (χ1) is 9.06. The van der Waals surface area contributed by atoms with Crippen LogP contribution in [0.15, 0.2) is 18.2 Å². The van der Waals surface area contributed by atoms with Crippen molar-refractivity contribution >= 4 is 5.91 Å². The minimum Gasteiger partial charge on any atom is -0.507 e. The number of hydrogen-bond acceptors (Lipinski definition) is 4. The lowest BCUT2D eigenvalue weighted by Gasteiger charge is -2.30. The van der Waals surface area contributed by atoms with Gasteiger partial charge in [0.15, 0.2) is 0 Å². The van der Waals surface area contributed by atoms with Gasteiger partial charge in [0.1, 0.15) is 11.6 Å². The Hall–Kier alpha value is -1.66. The van der Waals surface area contributed by atoms with Crippen LogP contribution in [0, 0.1) is 5.82 Å². The fourth-order valence-electron chi connectivity index (χ4n) is 1.99. The van der Waals surface area contributed by atoms with E-state index in [1.54, 1.807) is 0 Å². The molecule has 1 fully saturated rings. The summed E-state index contributed by atoms with van der Waals surface area (Å²) in [7, 11) is 1.99. The molecule has 19 heavy (non-hydrogen) atoms. The molecule has 0 radical (unpaired) electrons. The fraction of sp³-hybridized carbons (Fsp3) is 0.462. The Bertz CT molecular complexity index is 467. The van der Waals surface area contributed by atoms with Crippen molar-refractivity contribution in [2.24, 2.45) is 0 Å². The first-order valence-corrected chi connectivity index (χ1v) is 6.13. The predicted molar refractivity (Wildman–Crippen MR) is 67.6 cm³/mol. The molecule has 1 heterocycles. The Balaban J connectivity index is 1.90. The van der Waals surface area contributed by atoms with Crippen LogP contribution in [-0.4, -0.2) is 55.3 Å². The molecule has 1 atom stereocenters. The van der Waals surface area contributed by atoms with Crippen LogP contribution in [0.3, 0.4) is 0 Å². The van der Waals surface area contributed by atoms with Gasteiger partial charge in [-0.2, -0.15) is 0 Å². The van der Waals surface area contributed by atoms with E-state index in [4.69, 9.17) is 4.74 Å². The zero-order valence-electron chi connectivity index (χ0n) is 10.7. The topological polar surface area (TPSA) is 61.8 Å². The van der Waals surface area contributed by atoms with Crippen LogP contribution in [0.5, 0.6) is 5.75 Å². The number of ether oxygens (including phenoxy) is 1. The highest BCUT2D eigenvalue weighted by Gasteiger charge is 2.19. The lowest BCUT2D eigenvalue weighted by atomic mass is 10.2. The molecule has 1 aliphatic rings. The number of amides is 1. The van der Waals surface area contributed by atoms with E-state index < -0.39 is 11.7 Å². The summed E-state index contributed by atoms with van der Waals surface area (Å²) in [4.78, 5) is 14.0. The summed E-state index contributed by atoms with van der Waals surface area (Å²) in [5.74, 6) is -1.38. The highest BCUT2D eigenvalue weighted by molar-refractivity contribution is 5.96. The van der Waals surface area contributed by atoms with E-state index in [1.807, 2.05) is 7.05 Å². The zero-order valence-corrected chi connectivity index (χ0v) is 10.7. The molecule has 6 heteroatoms. The monoisotopic (exact) mass is 268 g/mol. The number of hydrogen-bond donors (Lipinski definition) is 2. The molecule has 5 nitrogen and oxygen atoms in total. The van der Waals surface area contributed by atoms with Crippen molar-refractivity contribution in [3.8, 4) is 5.75 Å². The van der Waals surface area contributed by atoms with Gasteiger partial charge in [0, 0.05) is 25.7 Å². The molecule has 0 saturated carbocycles. The number of rotatable bonds is 3. The van der Waals surface area contributed by atoms with Gasteiger partial charge in [-0.05, 0) is 19.2 Å². The van der Waals surface area contributed by atoms with Crippen LogP contribution < -0.4 is 5.32 Å². The van der Waals surface area contributed by atoms with Gasteiger partial charge in [0.25, 0.3) is 5.91 Å². The van der Waals surface area contributed by atoms with Crippen molar-refractivity contribution in [2.45, 2.75) is 6.10 Å². The third-order valence-corrected chi connectivity index (χ3v) is 3.04. The number of carbonyl (C=O) groups is 1. The highest BCUT2D eigenvalue weighted by atomic mass is 19.1. The number of phenols is 1. The molecule has 0 bridgehead atoms. The van der Waals surface area contributed by atoms with Gasteiger partial charge in [-0.25, -0.2) is 4.39 Å². The Morgan fingerprint density at radius 1 is 1.63 bits per heavy atom. The number of benzene rings is 1. The molecule has 2 N–H and O–H groups in total. The second-order valence-electron chi connectivity index (χ2n) is 4.63. The van der Waals surface area contributed by atoms with Crippen molar-refractivity contribution < 1.29 is 19.0 Å². The first kappa shape index (κ1) is 13.8. The maximum absolute atomic E-state index is 12.8. The molecule has 2 rings (SSSR count). The second kappa shape index (κ2) is 5.99. The molecular formula is C13H17FN2O3. The van der Waals surface area contributed by atoms with Crippen LogP contribution in [0.2, 0.25) is 0 Å². The average Bonchev–Trinajstić information content (AvgIpc) is 2.36. The third-order valence-electron chi connectivity index (χ3n) is 3.04. The molecule has 0 aromatic heterocycles. The lowest BCUT2D eigenvalue weighted by molar-refractivity contribution is -0.0175. The van der Waals surface area contributed by atoms with Crippen molar-refractivity contribution in [2.75, 3.05) is 33.3 Å². The van der Waals surface area contributed by atoms with E-state index >= 15 is 0 Å². The largest absolute Gasteiger partial charge is 0.507 e. The molecule has 1 aromatic carbocycles. The van der Waals surface area contributed by atoms with Crippen molar-refractivity contribution in [1.82, 2.24) is 10.2 Å². The average molecular weight is 268 g/mol. The number of nitrogens with one attached hydrogen (secondary N) is 1. The molecule has 104 valence electrons. The standard InChI is InChI=1S/C13H17FN2O3/c1-16-4-5-19-10(8-16)7-15-13(18)11-3-2-9(14)6-12(11)17/h2-3,6,10,17H,4-5,7-8H2,1H3,(H,15,18). The minimum absolute atomic E-state index is 0.0607. The Morgan fingerprint density at radius 3 is 3.11 bits per heavy atom. The van der Waals surface area contributed by atoms with Gasteiger partial charge < -0.3 is 20.1 Å². The number of carbonyl (C=O) groups excluding carboxylic acids is 1. The smallest absolute Gasteiger partial charge is 0.255 e. The summed E-state index contributed by atoms with van der Waals surface area (Å²) in [6.45, 7) is 2.62. The van der Waals surface area contributed by atoms with Crippen molar-refractivity contribution in [1.29, 1.82) is 0 Å². The van der Waals surface area contributed by atoms with Crippen LogP contribution in [0.25, 0.3) is 0 Å². The van der Waals surface area contributed by atoms with E-state index in [9.17, 15) is 14.3 Å². The van der Waals surface area contributed by atoms with Gasteiger partial charge in [-0.3, -0.25) is 4.79 Å². The predicted octanol–water partition coefficient (Wildman–Crippen LogP) is 0.592. The van der Waals surface area contributed by atoms with Crippen LogP contribution in [-0.2, 0) is 4.74 Å². The summed E-state index contributed by atoms with van der Waals surface area (Å²) in [5, 5.41) is 12.2.